The molecule has 8 heteroatoms. The molecule has 7 nitrogen and oxygen atoms in total. The maximum atomic E-state index is 13.2. The first kappa shape index (κ1) is 24.2. The Bertz CT molecular complexity index is 1280. The van der Waals surface area contributed by atoms with Crippen molar-refractivity contribution in [1.82, 2.24) is 9.88 Å². The van der Waals surface area contributed by atoms with Gasteiger partial charge in [-0.05, 0) is 30.3 Å². The van der Waals surface area contributed by atoms with Gasteiger partial charge in [0.25, 0.3) is 0 Å². The van der Waals surface area contributed by atoms with Gasteiger partial charge in [0, 0.05) is 24.9 Å². The monoisotopic (exact) mass is 489 g/mol. The molecule has 1 unspecified atom stereocenters. The number of ether oxygens (including phenoxy) is 2. The summed E-state index contributed by atoms with van der Waals surface area (Å²) in [5, 5.41) is 34.1. The van der Waals surface area contributed by atoms with Crippen molar-refractivity contribution >= 4 is 0 Å². The number of fused-ring (bicyclic) bond motifs is 3. The van der Waals surface area contributed by atoms with E-state index in [2.05, 4.69) is 11.1 Å². The van der Waals surface area contributed by atoms with Crippen molar-refractivity contribution in [3.63, 3.8) is 0 Å². The van der Waals surface area contributed by atoms with Crippen LogP contribution >= 0.6 is 0 Å². The first-order valence-corrected chi connectivity index (χ1v) is 11.8. The summed E-state index contributed by atoms with van der Waals surface area (Å²) >= 11 is 0. The first-order chi connectivity index (χ1) is 17.4. The van der Waals surface area contributed by atoms with Crippen molar-refractivity contribution in [2.75, 3.05) is 33.9 Å². The Balaban J connectivity index is 1.81. The van der Waals surface area contributed by atoms with Gasteiger partial charge >= 0.3 is 0 Å². The minimum atomic E-state index is -1.92. The molecule has 3 aromatic rings. The molecule has 0 radical (unpaired) electrons. The Kier molecular flexibility index (Phi) is 6.17. The summed E-state index contributed by atoms with van der Waals surface area (Å²) < 4.78 is 25.5. The molecule has 2 aliphatic rings. The van der Waals surface area contributed by atoms with Crippen LogP contribution in [0.2, 0.25) is 0 Å². The molecule has 1 aromatic heterocycles. The highest BCUT2D eigenvalue weighted by Crippen LogP contribution is 2.69. The number of alkyl halides is 1. The molecule has 5 atom stereocenters. The van der Waals surface area contributed by atoms with Crippen molar-refractivity contribution in [2.24, 2.45) is 5.92 Å². The van der Waals surface area contributed by atoms with Crippen LogP contribution in [-0.4, -0.2) is 60.1 Å². The Morgan fingerprint density at radius 1 is 1.17 bits per heavy atom. The lowest BCUT2D eigenvalue weighted by atomic mass is 9.70. The average Bonchev–Trinajstić information content (AvgIpc) is 3.28. The van der Waals surface area contributed by atoms with E-state index in [0.29, 0.717) is 34.7 Å². The van der Waals surface area contributed by atoms with Crippen LogP contribution in [0.3, 0.4) is 0 Å². The molecule has 0 amide bonds. The highest BCUT2D eigenvalue weighted by molar-refractivity contribution is 5.59. The minimum absolute atomic E-state index is 0.192. The van der Waals surface area contributed by atoms with E-state index in [1.807, 2.05) is 35.2 Å². The molecule has 186 valence electrons. The maximum absolute atomic E-state index is 13.2. The number of hydrogen-bond donors (Lipinski definition) is 2. The van der Waals surface area contributed by atoms with Crippen molar-refractivity contribution in [3.8, 4) is 17.6 Å². The van der Waals surface area contributed by atoms with Gasteiger partial charge in [-0.15, -0.1) is 0 Å². The van der Waals surface area contributed by atoms with Crippen molar-refractivity contribution < 1.29 is 24.1 Å². The molecule has 36 heavy (non-hydrogen) atoms. The molecule has 2 aromatic carbocycles. The third-order valence-electron chi connectivity index (χ3n) is 7.60. The van der Waals surface area contributed by atoms with Crippen molar-refractivity contribution in [1.29, 1.82) is 5.26 Å². The second-order valence-corrected chi connectivity index (χ2v) is 9.46. The smallest absolute Gasteiger partial charge is 0.177 e. The Morgan fingerprint density at radius 2 is 1.89 bits per heavy atom. The molecule has 2 heterocycles. The van der Waals surface area contributed by atoms with Gasteiger partial charge in [0.05, 0.1) is 42.8 Å². The molecule has 1 aliphatic carbocycles. The summed E-state index contributed by atoms with van der Waals surface area (Å²) in [4.78, 5) is 6.03. The summed E-state index contributed by atoms with van der Waals surface area (Å²) in [5.41, 5.74) is -1.15. The van der Waals surface area contributed by atoms with Gasteiger partial charge in [0.15, 0.2) is 11.2 Å². The molecule has 2 N–H and O–H groups in total. The molecular weight excluding hydrogens is 461 g/mol. The van der Waals surface area contributed by atoms with Gasteiger partial charge in [0.1, 0.15) is 18.2 Å². The van der Waals surface area contributed by atoms with Crippen LogP contribution in [0.5, 0.6) is 11.5 Å². The molecular formula is C28H28FN3O4. The van der Waals surface area contributed by atoms with Crippen LogP contribution in [0.15, 0.2) is 67.0 Å². The maximum Gasteiger partial charge on any atom is 0.177 e. The molecule has 1 fully saturated rings. The summed E-state index contributed by atoms with van der Waals surface area (Å²) in [6, 6.07) is 18.6. The summed E-state index contributed by atoms with van der Waals surface area (Å²) in [6.07, 6.45) is 1.71. The predicted molar refractivity (Wildman–Crippen MR) is 130 cm³/mol. The van der Waals surface area contributed by atoms with Gasteiger partial charge in [-0.3, -0.25) is 4.98 Å². The van der Waals surface area contributed by atoms with Gasteiger partial charge < -0.3 is 24.6 Å². The third kappa shape index (κ3) is 3.31. The Labute approximate surface area is 209 Å². The van der Waals surface area contributed by atoms with E-state index in [9.17, 15) is 19.9 Å². The molecule has 0 saturated heterocycles. The van der Waals surface area contributed by atoms with Gasteiger partial charge in [-0.1, -0.05) is 42.5 Å². The van der Waals surface area contributed by atoms with Crippen LogP contribution in [0, 0.1) is 17.2 Å². The fourth-order valence-electron chi connectivity index (χ4n) is 6.12. The van der Waals surface area contributed by atoms with E-state index < -0.39 is 35.8 Å². The zero-order valence-electron chi connectivity index (χ0n) is 20.1. The summed E-state index contributed by atoms with van der Waals surface area (Å²) in [7, 11) is 3.27. The number of nitrogens with zero attached hydrogens (tertiary/aromatic N) is 3. The number of rotatable bonds is 7. The van der Waals surface area contributed by atoms with Crippen LogP contribution in [-0.2, 0) is 11.2 Å². The molecule has 1 aliphatic heterocycles. The highest BCUT2D eigenvalue weighted by atomic mass is 19.1. The molecule has 0 spiro atoms. The fourth-order valence-corrected chi connectivity index (χ4v) is 6.12. The largest absolute Gasteiger partial charge is 0.495 e. The predicted octanol–water partition coefficient (Wildman–Crippen LogP) is 3.11. The van der Waals surface area contributed by atoms with Crippen LogP contribution < -0.4 is 9.47 Å². The zero-order valence-corrected chi connectivity index (χ0v) is 20.1. The van der Waals surface area contributed by atoms with Crippen LogP contribution in [0.4, 0.5) is 4.39 Å². The highest BCUT2D eigenvalue weighted by Gasteiger charge is 2.76. The lowest BCUT2D eigenvalue weighted by molar-refractivity contribution is -0.152. The van der Waals surface area contributed by atoms with E-state index >= 15 is 0 Å². The van der Waals surface area contributed by atoms with E-state index in [0.717, 1.165) is 5.56 Å². The molecule has 1 saturated carbocycles. The van der Waals surface area contributed by atoms with Crippen LogP contribution in [0.1, 0.15) is 28.2 Å². The SMILES string of the molecule is COc1cncc2c1C1(O)[C@H](O)[C@H](CN(C)CCF)[C@@H](c3ccccc3)[C@]1(c1ccc(C#N)cc1)O2. The number of aliphatic hydroxyl groups is 2. The number of benzene rings is 2. The quantitative estimate of drug-likeness (QED) is 0.526. The van der Waals surface area contributed by atoms with E-state index in [1.165, 1.54) is 19.5 Å². The second kappa shape index (κ2) is 9.17. The molecule has 0 bridgehead atoms. The number of hydrogen-bond acceptors (Lipinski definition) is 7. The van der Waals surface area contributed by atoms with Crippen molar-refractivity contribution in [3.05, 3.63) is 89.2 Å². The topological polar surface area (TPSA) is 98.8 Å². The number of aromatic nitrogens is 1. The minimum Gasteiger partial charge on any atom is -0.495 e. The lowest BCUT2D eigenvalue weighted by Crippen LogP contribution is -2.52. The lowest BCUT2D eigenvalue weighted by Gasteiger charge is -2.41. The summed E-state index contributed by atoms with van der Waals surface area (Å²) in [5.74, 6) is -0.452. The van der Waals surface area contributed by atoms with E-state index in [4.69, 9.17) is 9.47 Å². The van der Waals surface area contributed by atoms with E-state index in [1.54, 1.807) is 31.3 Å². The number of pyridine rings is 1. The van der Waals surface area contributed by atoms with E-state index in [-0.39, 0.29) is 6.54 Å². The zero-order chi connectivity index (χ0) is 25.5. The third-order valence-corrected chi connectivity index (χ3v) is 7.60. The standard InChI is InChI=1S/C28H28FN3O4/c1-32(13-12-29)17-21-24(19-6-4-3-5-7-19)28(20-10-8-18(14-30)9-11-20)27(34,26(21)33)25-22(35-2)15-31-16-23(25)36-28/h3-11,15-16,21,24,26,33-34H,12-13,17H2,1-2H3/t21-,24-,26-,27?,28+/m1/s1. The van der Waals surface area contributed by atoms with Gasteiger partial charge in [0.2, 0.25) is 0 Å². The second-order valence-electron chi connectivity index (χ2n) is 9.46. The normalized spacial score (nSPS) is 28.3. The Morgan fingerprint density at radius 3 is 2.53 bits per heavy atom. The summed E-state index contributed by atoms with van der Waals surface area (Å²) in [6.45, 7) is -0.0199. The average molecular weight is 490 g/mol. The molecule has 5 rings (SSSR count). The Hall–Kier alpha value is -3.51. The van der Waals surface area contributed by atoms with Gasteiger partial charge in [-0.25, -0.2) is 4.39 Å². The number of aliphatic hydroxyl groups excluding tert-OH is 1. The number of nitriles is 1. The number of halogens is 1. The first-order valence-electron chi connectivity index (χ1n) is 11.8. The van der Waals surface area contributed by atoms with Crippen molar-refractivity contribution in [2.45, 2.75) is 23.2 Å². The number of methoxy groups -OCH3 is 1. The van der Waals surface area contributed by atoms with Crippen LogP contribution in [0.25, 0.3) is 0 Å². The van der Waals surface area contributed by atoms with Gasteiger partial charge in [-0.2, -0.15) is 5.26 Å². The fraction of sp³-hybridized carbons (Fsp3) is 0.357.